The molecule has 0 atom stereocenters. The van der Waals surface area contributed by atoms with Crippen LogP contribution in [0.25, 0.3) is 0 Å². The van der Waals surface area contributed by atoms with Gasteiger partial charge in [-0.25, -0.2) is 0 Å². The standard InChI is InChI=1S/C12H22N2O.ClH/c1-2-14(9-11-5-6-11)12(15)8-13-7-10-3-4-10;/h10-11,13H,2-9H2,1H3;1H. The van der Waals surface area contributed by atoms with E-state index in [1.807, 2.05) is 4.90 Å². The van der Waals surface area contributed by atoms with Gasteiger partial charge in [0.1, 0.15) is 0 Å². The topological polar surface area (TPSA) is 32.3 Å². The van der Waals surface area contributed by atoms with Crippen molar-refractivity contribution in [3.8, 4) is 0 Å². The minimum Gasteiger partial charge on any atom is -0.342 e. The third-order valence-electron chi connectivity index (χ3n) is 3.32. The zero-order valence-corrected chi connectivity index (χ0v) is 10.9. The number of hydrogen-bond donors (Lipinski definition) is 1. The Morgan fingerprint density at radius 1 is 1.25 bits per heavy atom. The first-order valence-electron chi connectivity index (χ1n) is 6.28. The number of amides is 1. The van der Waals surface area contributed by atoms with Gasteiger partial charge in [0.15, 0.2) is 0 Å². The third kappa shape index (κ3) is 4.71. The second kappa shape index (κ2) is 6.45. The predicted octanol–water partition coefficient (Wildman–Crippen LogP) is 1.67. The van der Waals surface area contributed by atoms with Gasteiger partial charge in [0.2, 0.25) is 5.91 Å². The molecule has 2 aliphatic rings. The lowest BCUT2D eigenvalue weighted by Crippen LogP contribution is -2.39. The molecule has 1 N–H and O–H groups in total. The minimum absolute atomic E-state index is 0. The molecule has 0 aromatic rings. The first-order valence-corrected chi connectivity index (χ1v) is 6.28. The Hall–Kier alpha value is -0.280. The van der Waals surface area contributed by atoms with Crippen LogP contribution in [0.2, 0.25) is 0 Å². The molecule has 1 amide bonds. The van der Waals surface area contributed by atoms with Gasteiger partial charge in [-0.05, 0) is 51.0 Å². The molecule has 2 fully saturated rings. The van der Waals surface area contributed by atoms with E-state index in [0.29, 0.717) is 6.54 Å². The summed E-state index contributed by atoms with van der Waals surface area (Å²) in [6.45, 7) is 5.49. The van der Waals surface area contributed by atoms with Crippen molar-refractivity contribution in [3.63, 3.8) is 0 Å². The number of nitrogens with zero attached hydrogens (tertiary/aromatic N) is 1. The third-order valence-corrected chi connectivity index (χ3v) is 3.32. The highest BCUT2D eigenvalue weighted by Gasteiger charge is 2.26. The maximum Gasteiger partial charge on any atom is 0.236 e. The summed E-state index contributed by atoms with van der Waals surface area (Å²) in [4.78, 5) is 13.8. The van der Waals surface area contributed by atoms with E-state index < -0.39 is 0 Å². The number of rotatable bonds is 7. The number of carbonyl (C=O) groups is 1. The normalized spacial score (nSPS) is 19.1. The van der Waals surface area contributed by atoms with Crippen LogP contribution in [-0.2, 0) is 4.79 Å². The second-order valence-electron chi connectivity index (χ2n) is 4.95. The Bertz CT molecular complexity index is 227. The van der Waals surface area contributed by atoms with Crippen LogP contribution < -0.4 is 5.32 Å². The Balaban J connectivity index is 0.00000128. The summed E-state index contributed by atoms with van der Waals surface area (Å²) < 4.78 is 0. The van der Waals surface area contributed by atoms with Crippen LogP contribution in [0.4, 0.5) is 0 Å². The van der Waals surface area contributed by atoms with Crippen molar-refractivity contribution in [2.75, 3.05) is 26.2 Å². The molecule has 3 nitrogen and oxygen atoms in total. The fraction of sp³-hybridized carbons (Fsp3) is 0.917. The number of carbonyl (C=O) groups excluding carboxylic acids is 1. The maximum absolute atomic E-state index is 11.8. The lowest BCUT2D eigenvalue weighted by Gasteiger charge is -2.20. The number of likely N-dealkylation sites (N-methyl/N-ethyl adjacent to an activating group) is 1. The van der Waals surface area contributed by atoms with Crippen molar-refractivity contribution in [3.05, 3.63) is 0 Å². The molecule has 94 valence electrons. The van der Waals surface area contributed by atoms with Gasteiger partial charge in [-0.1, -0.05) is 0 Å². The van der Waals surface area contributed by atoms with E-state index in [1.165, 1.54) is 25.7 Å². The van der Waals surface area contributed by atoms with E-state index in [0.717, 1.165) is 31.5 Å². The van der Waals surface area contributed by atoms with Crippen molar-refractivity contribution in [2.24, 2.45) is 11.8 Å². The molecule has 2 rings (SSSR count). The average molecular weight is 247 g/mol. The van der Waals surface area contributed by atoms with Crippen LogP contribution in [0.1, 0.15) is 32.6 Å². The van der Waals surface area contributed by atoms with Crippen LogP contribution >= 0.6 is 12.4 Å². The van der Waals surface area contributed by atoms with Crippen molar-refractivity contribution in [1.29, 1.82) is 0 Å². The molecular weight excluding hydrogens is 224 g/mol. The highest BCUT2D eigenvalue weighted by molar-refractivity contribution is 5.85. The van der Waals surface area contributed by atoms with Crippen LogP contribution in [0, 0.1) is 11.8 Å². The van der Waals surface area contributed by atoms with Crippen LogP contribution in [0.5, 0.6) is 0 Å². The fourth-order valence-corrected chi connectivity index (χ4v) is 1.84. The Kier molecular flexibility index (Phi) is 5.56. The number of nitrogens with one attached hydrogen (secondary N) is 1. The molecule has 0 aromatic carbocycles. The zero-order chi connectivity index (χ0) is 10.7. The van der Waals surface area contributed by atoms with Crippen molar-refractivity contribution in [2.45, 2.75) is 32.6 Å². The monoisotopic (exact) mass is 246 g/mol. The number of halogens is 1. The summed E-state index contributed by atoms with van der Waals surface area (Å²) >= 11 is 0. The van der Waals surface area contributed by atoms with Crippen molar-refractivity contribution < 1.29 is 4.79 Å². The minimum atomic E-state index is 0. The largest absolute Gasteiger partial charge is 0.342 e. The molecule has 0 saturated heterocycles. The SMILES string of the molecule is CCN(CC1CC1)C(=O)CNCC1CC1.Cl. The Labute approximate surface area is 104 Å². The van der Waals surface area contributed by atoms with Gasteiger partial charge in [-0.2, -0.15) is 0 Å². The van der Waals surface area contributed by atoms with E-state index in [9.17, 15) is 4.79 Å². The van der Waals surface area contributed by atoms with Crippen LogP contribution in [0.15, 0.2) is 0 Å². The highest BCUT2D eigenvalue weighted by Crippen LogP contribution is 2.29. The van der Waals surface area contributed by atoms with E-state index >= 15 is 0 Å². The molecule has 0 radical (unpaired) electrons. The summed E-state index contributed by atoms with van der Waals surface area (Å²) in [5, 5.41) is 3.26. The van der Waals surface area contributed by atoms with Gasteiger partial charge < -0.3 is 10.2 Å². The number of hydrogen-bond acceptors (Lipinski definition) is 2. The first kappa shape index (κ1) is 13.8. The summed E-state index contributed by atoms with van der Waals surface area (Å²) in [6, 6.07) is 0. The lowest BCUT2D eigenvalue weighted by molar-refractivity contribution is -0.130. The van der Waals surface area contributed by atoms with Crippen molar-refractivity contribution in [1.82, 2.24) is 10.2 Å². The summed E-state index contributed by atoms with van der Waals surface area (Å²) in [7, 11) is 0. The molecule has 0 unspecified atom stereocenters. The van der Waals surface area contributed by atoms with Gasteiger partial charge in [0.25, 0.3) is 0 Å². The summed E-state index contributed by atoms with van der Waals surface area (Å²) in [5.41, 5.74) is 0. The Morgan fingerprint density at radius 3 is 2.38 bits per heavy atom. The summed E-state index contributed by atoms with van der Waals surface area (Å²) in [6.07, 6.45) is 5.33. The van der Waals surface area contributed by atoms with Gasteiger partial charge in [-0.15, -0.1) is 12.4 Å². The van der Waals surface area contributed by atoms with Crippen LogP contribution in [-0.4, -0.2) is 37.0 Å². The fourth-order valence-electron chi connectivity index (χ4n) is 1.84. The molecule has 4 heteroatoms. The highest BCUT2D eigenvalue weighted by atomic mass is 35.5. The van der Waals surface area contributed by atoms with Gasteiger partial charge in [-0.3, -0.25) is 4.79 Å². The van der Waals surface area contributed by atoms with E-state index in [-0.39, 0.29) is 18.3 Å². The van der Waals surface area contributed by atoms with Gasteiger partial charge in [0, 0.05) is 13.1 Å². The Morgan fingerprint density at radius 2 is 1.88 bits per heavy atom. The molecule has 0 aliphatic heterocycles. The molecule has 0 spiro atoms. The molecule has 0 aromatic heterocycles. The zero-order valence-electron chi connectivity index (χ0n) is 10.1. The smallest absolute Gasteiger partial charge is 0.236 e. The van der Waals surface area contributed by atoms with E-state index in [4.69, 9.17) is 0 Å². The molecule has 2 aliphatic carbocycles. The molecule has 0 heterocycles. The average Bonchev–Trinajstić information content (AvgIpc) is 3.08. The van der Waals surface area contributed by atoms with E-state index in [1.54, 1.807) is 0 Å². The second-order valence-corrected chi connectivity index (χ2v) is 4.95. The maximum atomic E-state index is 11.8. The molecule has 0 bridgehead atoms. The van der Waals surface area contributed by atoms with Gasteiger partial charge in [0.05, 0.1) is 6.54 Å². The van der Waals surface area contributed by atoms with Crippen LogP contribution in [0.3, 0.4) is 0 Å². The lowest BCUT2D eigenvalue weighted by atomic mass is 10.3. The predicted molar refractivity (Wildman–Crippen MR) is 67.8 cm³/mol. The molecule has 16 heavy (non-hydrogen) atoms. The molecular formula is C12H23ClN2O. The van der Waals surface area contributed by atoms with E-state index in [2.05, 4.69) is 12.2 Å². The first-order chi connectivity index (χ1) is 7.29. The van der Waals surface area contributed by atoms with Gasteiger partial charge >= 0.3 is 0 Å². The quantitative estimate of drug-likeness (QED) is 0.741. The van der Waals surface area contributed by atoms with Crippen molar-refractivity contribution >= 4 is 18.3 Å². The molecule has 2 saturated carbocycles. The summed E-state index contributed by atoms with van der Waals surface area (Å²) in [5.74, 6) is 1.94.